The topological polar surface area (TPSA) is 105 Å². The van der Waals surface area contributed by atoms with Gasteiger partial charge in [0.15, 0.2) is 0 Å². The van der Waals surface area contributed by atoms with Crippen LogP contribution in [-0.2, 0) is 6.54 Å². The SMILES string of the molecule is Cc1ncc(C(=O)NCc2cc(C(=O)O)c(C)o2)c(C(C)C)n1. The van der Waals surface area contributed by atoms with E-state index < -0.39 is 5.97 Å². The van der Waals surface area contributed by atoms with Crippen molar-refractivity contribution in [3.8, 4) is 0 Å². The Morgan fingerprint density at radius 2 is 2.00 bits per heavy atom. The summed E-state index contributed by atoms with van der Waals surface area (Å²) >= 11 is 0. The number of carboxylic acids is 1. The zero-order valence-electron chi connectivity index (χ0n) is 13.5. The number of carboxylic acid groups (broad SMARTS) is 1. The molecule has 0 fully saturated rings. The summed E-state index contributed by atoms with van der Waals surface area (Å²) in [5.74, 6) is 0.00748. The Morgan fingerprint density at radius 3 is 2.57 bits per heavy atom. The molecule has 0 aliphatic carbocycles. The van der Waals surface area contributed by atoms with Crippen LogP contribution in [0.2, 0.25) is 0 Å². The Balaban J connectivity index is 2.14. The third-order valence-electron chi connectivity index (χ3n) is 3.35. The lowest BCUT2D eigenvalue weighted by atomic mass is 10.0. The van der Waals surface area contributed by atoms with Crippen molar-refractivity contribution < 1.29 is 19.1 Å². The summed E-state index contributed by atoms with van der Waals surface area (Å²) < 4.78 is 5.33. The number of furan rings is 1. The number of aromatic carboxylic acids is 1. The fourth-order valence-corrected chi connectivity index (χ4v) is 2.21. The molecule has 2 aromatic heterocycles. The van der Waals surface area contributed by atoms with Crippen LogP contribution >= 0.6 is 0 Å². The maximum absolute atomic E-state index is 12.3. The molecule has 0 saturated heterocycles. The molecule has 0 unspecified atom stereocenters. The molecule has 7 nitrogen and oxygen atoms in total. The molecule has 122 valence electrons. The summed E-state index contributed by atoms with van der Waals surface area (Å²) in [6.07, 6.45) is 1.50. The van der Waals surface area contributed by atoms with Crippen LogP contribution in [0.1, 0.15) is 63.5 Å². The highest BCUT2D eigenvalue weighted by Crippen LogP contribution is 2.17. The van der Waals surface area contributed by atoms with Gasteiger partial charge >= 0.3 is 5.97 Å². The number of rotatable bonds is 5. The summed E-state index contributed by atoms with van der Waals surface area (Å²) in [6, 6.07) is 1.41. The standard InChI is InChI=1S/C16H19N3O4/c1-8(2)14-13(7-17-10(4)19-14)15(20)18-6-11-5-12(16(21)22)9(3)23-11/h5,7-8H,6H2,1-4H3,(H,18,20)(H,21,22). The molecular weight excluding hydrogens is 298 g/mol. The molecule has 0 bridgehead atoms. The van der Waals surface area contributed by atoms with Gasteiger partial charge in [-0.05, 0) is 25.8 Å². The van der Waals surface area contributed by atoms with Crippen molar-refractivity contribution in [3.05, 3.63) is 46.4 Å². The molecule has 0 aliphatic heterocycles. The van der Waals surface area contributed by atoms with E-state index in [1.54, 1.807) is 13.8 Å². The first-order chi connectivity index (χ1) is 10.8. The number of hydrogen-bond donors (Lipinski definition) is 2. The molecule has 0 atom stereocenters. The van der Waals surface area contributed by atoms with Gasteiger partial charge in [-0.1, -0.05) is 13.8 Å². The van der Waals surface area contributed by atoms with Gasteiger partial charge in [-0.3, -0.25) is 4.79 Å². The predicted molar refractivity (Wildman–Crippen MR) is 82.4 cm³/mol. The van der Waals surface area contributed by atoms with Crippen LogP contribution in [-0.4, -0.2) is 27.0 Å². The summed E-state index contributed by atoms with van der Waals surface area (Å²) in [5, 5.41) is 11.7. The average Bonchev–Trinajstić information content (AvgIpc) is 2.86. The van der Waals surface area contributed by atoms with Crippen molar-refractivity contribution in [1.29, 1.82) is 0 Å². The first-order valence-corrected chi connectivity index (χ1v) is 7.24. The van der Waals surface area contributed by atoms with Crippen LogP contribution in [0.5, 0.6) is 0 Å². The third kappa shape index (κ3) is 3.74. The van der Waals surface area contributed by atoms with Gasteiger partial charge in [-0.2, -0.15) is 0 Å². The number of hydrogen-bond acceptors (Lipinski definition) is 5. The van der Waals surface area contributed by atoms with E-state index in [-0.39, 0.29) is 23.9 Å². The second-order valence-electron chi connectivity index (χ2n) is 5.54. The van der Waals surface area contributed by atoms with E-state index in [2.05, 4.69) is 15.3 Å². The highest BCUT2D eigenvalue weighted by Gasteiger charge is 2.18. The minimum Gasteiger partial charge on any atom is -0.478 e. The fourth-order valence-electron chi connectivity index (χ4n) is 2.21. The maximum Gasteiger partial charge on any atom is 0.339 e. The monoisotopic (exact) mass is 317 g/mol. The zero-order valence-corrected chi connectivity index (χ0v) is 13.5. The lowest BCUT2D eigenvalue weighted by molar-refractivity contribution is 0.0694. The van der Waals surface area contributed by atoms with Crippen LogP contribution in [0.3, 0.4) is 0 Å². The van der Waals surface area contributed by atoms with Gasteiger partial charge in [0.05, 0.1) is 17.8 Å². The summed E-state index contributed by atoms with van der Waals surface area (Å²) in [5.41, 5.74) is 1.18. The first kappa shape index (κ1) is 16.7. The molecular formula is C16H19N3O4. The quantitative estimate of drug-likeness (QED) is 0.877. The Kier molecular flexibility index (Phi) is 4.78. The number of carbonyl (C=O) groups is 2. The van der Waals surface area contributed by atoms with Crippen molar-refractivity contribution in [2.24, 2.45) is 0 Å². The van der Waals surface area contributed by atoms with Crippen molar-refractivity contribution in [3.63, 3.8) is 0 Å². The van der Waals surface area contributed by atoms with Gasteiger partial charge in [0.25, 0.3) is 5.91 Å². The second kappa shape index (κ2) is 6.60. The van der Waals surface area contributed by atoms with Gasteiger partial charge in [0, 0.05) is 6.20 Å². The van der Waals surface area contributed by atoms with Crippen molar-refractivity contribution in [2.75, 3.05) is 0 Å². The number of carbonyl (C=O) groups excluding carboxylic acids is 1. The van der Waals surface area contributed by atoms with Gasteiger partial charge in [-0.25, -0.2) is 14.8 Å². The van der Waals surface area contributed by atoms with Gasteiger partial charge in [0.2, 0.25) is 0 Å². The Morgan fingerprint density at radius 1 is 1.30 bits per heavy atom. The second-order valence-corrected chi connectivity index (χ2v) is 5.54. The van der Waals surface area contributed by atoms with E-state index in [0.717, 1.165) is 0 Å². The normalized spacial score (nSPS) is 10.8. The molecule has 0 saturated carbocycles. The van der Waals surface area contributed by atoms with Gasteiger partial charge < -0.3 is 14.8 Å². The van der Waals surface area contributed by atoms with Crippen LogP contribution < -0.4 is 5.32 Å². The highest BCUT2D eigenvalue weighted by atomic mass is 16.4. The molecule has 0 radical (unpaired) electrons. The lowest BCUT2D eigenvalue weighted by Gasteiger charge is -2.11. The number of aromatic nitrogens is 2. The minimum atomic E-state index is -1.06. The summed E-state index contributed by atoms with van der Waals surface area (Å²) in [7, 11) is 0. The van der Waals surface area contributed by atoms with Crippen molar-refractivity contribution >= 4 is 11.9 Å². The molecule has 23 heavy (non-hydrogen) atoms. The van der Waals surface area contributed by atoms with Crippen LogP contribution in [0.4, 0.5) is 0 Å². The minimum absolute atomic E-state index is 0.0851. The van der Waals surface area contributed by atoms with Gasteiger partial charge in [0.1, 0.15) is 22.9 Å². The summed E-state index contributed by atoms with van der Waals surface area (Å²) in [6.45, 7) is 7.34. The lowest BCUT2D eigenvalue weighted by Crippen LogP contribution is -2.25. The number of nitrogens with zero attached hydrogens (tertiary/aromatic N) is 2. The highest BCUT2D eigenvalue weighted by molar-refractivity contribution is 5.95. The molecule has 2 N–H and O–H groups in total. The van der Waals surface area contributed by atoms with Crippen molar-refractivity contribution in [1.82, 2.24) is 15.3 Å². The third-order valence-corrected chi connectivity index (χ3v) is 3.35. The Labute approximate surface area is 133 Å². The molecule has 0 aromatic carbocycles. The molecule has 1 amide bonds. The van der Waals surface area contributed by atoms with Crippen LogP contribution in [0.25, 0.3) is 0 Å². The number of aryl methyl sites for hydroxylation is 2. The number of amides is 1. The molecule has 0 spiro atoms. The zero-order chi connectivity index (χ0) is 17.1. The molecule has 2 rings (SSSR count). The summed E-state index contributed by atoms with van der Waals surface area (Å²) in [4.78, 5) is 31.7. The maximum atomic E-state index is 12.3. The molecule has 7 heteroatoms. The van der Waals surface area contributed by atoms with Gasteiger partial charge in [-0.15, -0.1) is 0 Å². The largest absolute Gasteiger partial charge is 0.478 e. The first-order valence-electron chi connectivity index (χ1n) is 7.24. The number of nitrogens with one attached hydrogen (secondary N) is 1. The molecule has 2 aromatic rings. The predicted octanol–water partition coefficient (Wildman–Crippen LogP) is 2.44. The van der Waals surface area contributed by atoms with E-state index in [0.29, 0.717) is 28.6 Å². The molecule has 0 aliphatic rings. The van der Waals surface area contributed by atoms with E-state index in [1.165, 1.54) is 12.3 Å². The average molecular weight is 317 g/mol. The van der Waals surface area contributed by atoms with E-state index >= 15 is 0 Å². The molecule has 2 heterocycles. The van der Waals surface area contributed by atoms with E-state index in [9.17, 15) is 9.59 Å². The van der Waals surface area contributed by atoms with Crippen LogP contribution in [0, 0.1) is 13.8 Å². The van der Waals surface area contributed by atoms with Crippen LogP contribution in [0.15, 0.2) is 16.7 Å². The van der Waals surface area contributed by atoms with Crippen molar-refractivity contribution in [2.45, 2.75) is 40.2 Å². The Bertz CT molecular complexity index is 750. The smallest absolute Gasteiger partial charge is 0.339 e. The fraction of sp³-hybridized carbons (Fsp3) is 0.375. The Hall–Kier alpha value is -2.70. The van der Waals surface area contributed by atoms with E-state index in [1.807, 2.05) is 13.8 Å². The van der Waals surface area contributed by atoms with E-state index in [4.69, 9.17) is 9.52 Å².